The first-order valence-electron chi connectivity index (χ1n) is 5.88. The van der Waals surface area contributed by atoms with E-state index in [1.54, 1.807) is 6.20 Å². The van der Waals surface area contributed by atoms with Crippen LogP contribution in [0.15, 0.2) is 30.5 Å². The summed E-state index contributed by atoms with van der Waals surface area (Å²) in [4.78, 5) is 8.39. The predicted molar refractivity (Wildman–Crippen MR) is 72.2 cm³/mol. The maximum atomic E-state index is 5.76. The quantitative estimate of drug-likeness (QED) is 0.785. The molecule has 3 nitrogen and oxygen atoms in total. The molecule has 0 saturated heterocycles. The van der Waals surface area contributed by atoms with Gasteiger partial charge in [0.1, 0.15) is 5.75 Å². The lowest BCUT2D eigenvalue weighted by Crippen LogP contribution is -1.97. The van der Waals surface area contributed by atoms with Crippen molar-refractivity contribution < 1.29 is 4.74 Å². The molecule has 0 amide bonds. The van der Waals surface area contributed by atoms with Crippen LogP contribution in [-0.4, -0.2) is 9.97 Å². The highest BCUT2D eigenvalue weighted by molar-refractivity contribution is 6.17. The van der Waals surface area contributed by atoms with Gasteiger partial charge in [0.2, 0.25) is 0 Å². The van der Waals surface area contributed by atoms with E-state index in [1.165, 1.54) is 5.56 Å². The molecule has 0 fully saturated rings. The molecule has 0 bridgehead atoms. The summed E-state index contributed by atoms with van der Waals surface area (Å²) in [5.41, 5.74) is 3.04. The first-order valence-corrected chi connectivity index (χ1v) is 6.41. The lowest BCUT2D eigenvalue weighted by molar-refractivity contribution is 0.439. The van der Waals surface area contributed by atoms with Gasteiger partial charge in [-0.1, -0.05) is 19.1 Å². The Morgan fingerprint density at radius 2 is 1.94 bits per heavy atom. The average Bonchev–Trinajstić information content (AvgIpc) is 2.40. The van der Waals surface area contributed by atoms with Gasteiger partial charge in [-0.05, 0) is 31.0 Å². The minimum atomic E-state index is 0.352. The van der Waals surface area contributed by atoms with Gasteiger partial charge in [0.15, 0.2) is 0 Å². The fourth-order valence-electron chi connectivity index (χ4n) is 1.55. The smallest absolute Gasteiger partial charge is 0.322 e. The maximum absolute atomic E-state index is 5.76. The predicted octanol–water partition coefficient (Wildman–Crippen LogP) is 3.88. The van der Waals surface area contributed by atoms with Crippen LogP contribution in [0, 0.1) is 6.92 Å². The number of halogens is 1. The van der Waals surface area contributed by atoms with Crippen LogP contribution in [0.3, 0.4) is 0 Å². The van der Waals surface area contributed by atoms with E-state index < -0.39 is 0 Å². The molecule has 0 saturated carbocycles. The highest BCUT2D eigenvalue weighted by Crippen LogP contribution is 2.19. The summed E-state index contributed by atoms with van der Waals surface area (Å²) in [7, 11) is 0. The molecule has 1 aromatic carbocycles. The Hall–Kier alpha value is -1.61. The zero-order valence-corrected chi connectivity index (χ0v) is 11.2. The molecule has 1 heterocycles. The molecule has 18 heavy (non-hydrogen) atoms. The second-order valence-electron chi connectivity index (χ2n) is 4.00. The number of nitrogens with zero attached hydrogens (tertiary/aromatic N) is 2. The second-order valence-corrected chi connectivity index (χ2v) is 4.26. The van der Waals surface area contributed by atoms with E-state index in [0.717, 1.165) is 23.4 Å². The van der Waals surface area contributed by atoms with E-state index >= 15 is 0 Å². The molecule has 1 aromatic heterocycles. The molecule has 0 N–H and O–H groups in total. The molecule has 4 heteroatoms. The minimum Gasteiger partial charge on any atom is -0.424 e. The van der Waals surface area contributed by atoms with Gasteiger partial charge in [-0.2, -0.15) is 4.98 Å². The summed E-state index contributed by atoms with van der Waals surface area (Å²) >= 11 is 5.76. The number of ether oxygens (including phenoxy) is 1. The molecule has 0 unspecified atom stereocenters. The average molecular weight is 263 g/mol. The van der Waals surface area contributed by atoms with E-state index in [-0.39, 0.29) is 0 Å². The van der Waals surface area contributed by atoms with E-state index in [4.69, 9.17) is 16.3 Å². The van der Waals surface area contributed by atoms with E-state index in [0.29, 0.717) is 11.9 Å². The van der Waals surface area contributed by atoms with Gasteiger partial charge in [0.25, 0.3) is 0 Å². The number of hydrogen-bond acceptors (Lipinski definition) is 3. The van der Waals surface area contributed by atoms with Crippen LogP contribution in [0.5, 0.6) is 11.8 Å². The Bertz CT molecular complexity index is 526. The number of rotatable bonds is 4. The van der Waals surface area contributed by atoms with E-state index in [9.17, 15) is 0 Å². The van der Waals surface area contributed by atoms with Gasteiger partial charge in [-0.25, -0.2) is 4.98 Å². The Morgan fingerprint density at radius 1 is 1.22 bits per heavy atom. The molecule has 2 aromatic rings. The molecular weight excluding hydrogens is 248 g/mol. The molecule has 0 atom stereocenters. The summed E-state index contributed by atoms with van der Waals surface area (Å²) in [6, 6.07) is 8.27. The fraction of sp³-hybridized carbons (Fsp3) is 0.286. The van der Waals surface area contributed by atoms with Gasteiger partial charge >= 0.3 is 6.01 Å². The van der Waals surface area contributed by atoms with Crippen LogP contribution < -0.4 is 4.74 Å². The molecule has 0 aliphatic carbocycles. The first-order chi connectivity index (χ1) is 8.72. The standard InChI is InChI=1S/C14H15ClN2O/c1-3-11-4-6-13(7-5-11)18-14-16-9-12(8-15)10(2)17-14/h4-7,9H,3,8H2,1-2H3. The van der Waals surface area contributed by atoms with Crippen LogP contribution in [0.2, 0.25) is 0 Å². The van der Waals surface area contributed by atoms with Crippen LogP contribution in [0.4, 0.5) is 0 Å². The third kappa shape index (κ3) is 2.99. The van der Waals surface area contributed by atoms with Crippen molar-refractivity contribution in [2.24, 2.45) is 0 Å². The summed E-state index contributed by atoms with van der Waals surface area (Å²) in [5.74, 6) is 1.15. The topological polar surface area (TPSA) is 35.0 Å². The lowest BCUT2D eigenvalue weighted by atomic mass is 10.2. The Kier molecular flexibility index (Phi) is 4.15. The zero-order chi connectivity index (χ0) is 13.0. The molecular formula is C14H15ClN2O. The number of alkyl halides is 1. The van der Waals surface area contributed by atoms with Crippen LogP contribution in [0.25, 0.3) is 0 Å². The van der Waals surface area contributed by atoms with Crippen molar-refractivity contribution in [3.05, 3.63) is 47.3 Å². The minimum absolute atomic E-state index is 0.352. The zero-order valence-electron chi connectivity index (χ0n) is 10.5. The summed E-state index contributed by atoms with van der Waals surface area (Å²) in [6.07, 6.45) is 2.71. The summed E-state index contributed by atoms with van der Waals surface area (Å²) < 4.78 is 5.59. The van der Waals surface area contributed by atoms with Crippen LogP contribution >= 0.6 is 11.6 Å². The molecule has 0 aliphatic rings. The monoisotopic (exact) mass is 262 g/mol. The van der Waals surface area contributed by atoms with Crippen molar-refractivity contribution in [2.45, 2.75) is 26.1 Å². The van der Waals surface area contributed by atoms with Crippen LogP contribution in [0.1, 0.15) is 23.7 Å². The fourth-order valence-corrected chi connectivity index (χ4v) is 1.81. The second kappa shape index (κ2) is 5.83. The summed E-state index contributed by atoms with van der Waals surface area (Å²) in [5, 5.41) is 0. The maximum Gasteiger partial charge on any atom is 0.322 e. The van der Waals surface area contributed by atoms with Crippen LogP contribution in [-0.2, 0) is 12.3 Å². The van der Waals surface area contributed by atoms with Gasteiger partial charge < -0.3 is 4.74 Å². The normalized spacial score (nSPS) is 10.4. The molecule has 0 radical (unpaired) electrons. The Morgan fingerprint density at radius 3 is 2.50 bits per heavy atom. The van der Waals surface area contributed by atoms with Crippen molar-refractivity contribution >= 4 is 11.6 Å². The largest absolute Gasteiger partial charge is 0.424 e. The molecule has 0 spiro atoms. The number of hydrogen-bond donors (Lipinski definition) is 0. The first kappa shape index (κ1) is 12.8. The van der Waals surface area contributed by atoms with E-state index in [2.05, 4.69) is 16.9 Å². The van der Waals surface area contributed by atoms with Crippen molar-refractivity contribution in [1.82, 2.24) is 9.97 Å². The highest BCUT2D eigenvalue weighted by Gasteiger charge is 2.04. The molecule has 94 valence electrons. The molecule has 2 rings (SSSR count). The van der Waals surface area contributed by atoms with Crippen molar-refractivity contribution in [3.63, 3.8) is 0 Å². The molecule has 0 aliphatic heterocycles. The van der Waals surface area contributed by atoms with E-state index in [1.807, 2.05) is 31.2 Å². The van der Waals surface area contributed by atoms with Crippen molar-refractivity contribution in [2.75, 3.05) is 0 Å². The number of benzene rings is 1. The third-order valence-electron chi connectivity index (χ3n) is 2.74. The van der Waals surface area contributed by atoms with Gasteiger partial charge in [0, 0.05) is 17.5 Å². The Labute approximate surface area is 112 Å². The summed E-state index contributed by atoms with van der Waals surface area (Å²) in [6.45, 7) is 4.01. The van der Waals surface area contributed by atoms with Gasteiger partial charge in [-0.3, -0.25) is 0 Å². The highest BCUT2D eigenvalue weighted by atomic mass is 35.5. The van der Waals surface area contributed by atoms with Gasteiger partial charge in [-0.15, -0.1) is 11.6 Å². The van der Waals surface area contributed by atoms with Crippen molar-refractivity contribution in [1.29, 1.82) is 0 Å². The van der Waals surface area contributed by atoms with Gasteiger partial charge in [0.05, 0.1) is 5.88 Å². The van der Waals surface area contributed by atoms with Crippen molar-refractivity contribution in [3.8, 4) is 11.8 Å². The number of aryl methyl sites for hydroxylation is 2. The number of aromatic nitrogens is 2. The Balaban J connectivity index is 2.15. The third-order valence-corrected chi connectivity index (χ3v) is 3.03. The SMILES string of the molecule is CCc1ccc(Oc2ncc(CCl)c(C)n2)cc1. The lowest BCUT2D eigenvalue weighted by Gasteiger charge is -2.06.